The van der Waals surface area contributed by atoms with Crippen LogP contribution in [-0.2, 0) is 14.1 Å². The maximum Gasteiger partial charge on any atom is 0.333 e. The van der Waals surface area contributed by atoms with E-state index >= 15 is 0 Å². The molecule has 9 heteroatoms. The molecule has 152 valence electrons. The topological polar surface area (TPSA) is 91.9 Å². The highest BCUT2D eigenvalue weighted by Crippen LogP contribution is 2.23. The molecule has 1 aromatic carbocycles. The molecule has 0 amide bonds. The van der Waals surface area contributed by atoms with Gasteiger partial charge in [0.05, 0.1) is 11.1 Å². The summed E-state index contributed by atoms with van der Waals surface area (Å²) in [5.74, 6) is -0.385. The van der Waals surface area contributed by atoms with Gasteiger partial charge in [-0.2, -0.15) is 0 Å². The van der Waals surface area contributed by atoms with E-state index in [1.165, 1.54) is 14.1 Å². The molecule has 0 aliphatic carbocycles. The number of para-hydroxylation sites is 1. The van der Waals surface area contributed by atoms with Crippen molar-refractivity contribution in [3.8, 4) is 5.88 Å². The van der Waals surface area contributed by atoms with Crippen LogP contribution < -0.4 is 27.1 Å². The third kappa shape index (κ3) is 3.73. The molecule has 0 radical (unpaired) electrons. The Morgan fingerprint density at radius 3 is 2.66 bits per heavy atom. The van der Waals surface area contributed by atoms with Crippen LogP contribution in [0.4, 0.5) is 0 Å². The fourth-order valence-electron chi connectivity index (χ4n) is 3.24. The smallest absolute Gasteiger partial charge is 0.333 e. The zero-order valence-corrected chi connectivity index (χ0v) is 17.6. The normalized spacial score (nSPS) is 13.9. The maximum absolute atomic E-state index is 12.6. The van der Waals surface area contributed by atoms with Crippen molar-refractivity contribution in [1.29, 1.82) is 0 Å². The van der Waals surface area contributed by atoms with Gasteiger partial charge in [0.1, 0.15) is 5.56 Å². The summed E-state index contributed by atoms with van der Waals surface area (Å²) in [5.41, 5.74) is 0.394. The van der Waals surface area contributed by atoms with Gasteiger partial charge in [0, 0.05) is 40.0 Å². The second-order valence-electron chi connectivity index (χ2n) is 6.81. The Bertz CT molecular complexity index is 1260. The lowest BCUT2D eigenvalue weighted by atomic mass is 10.1. The third-order valence-corrected chi connectivity index (χ3v) is 5.50. The number of fused-ring (bicyclic) bond motifs is 1. The van der Waals surface area contributed by atoms with Crippen molar-refractivity contribution in [2.24, 2.45) is 19.1 Å². The molecule has 0 fully saturated rings. The molecule has 0 bridgehead atoms. The van der Waals surface area contributed by atoms with Crippen LogP contribution in [0.15, 0.2) is 44.5 Å². The maximum atomic E-state index is 12.6. The fraction of sp³-hybridized carbons (Fsp3) is 0.300. The van der Waals surface area contributed by atoms with E-state index in [9.17, 15) is 14.7 Å². The van der Waals surface area contributed by atoms with E-state index in [0.29, 0.717) is 23.8 Å². The third-order valence-electron chi connectivity index (χ3n) is 4.99. The first-order chi connectivity index (χ1) is 13.8. The molecule has 0 saturated heterocycles. The molecule has 1 aliphatic heterocycles. The number of rotatable bonds is 4. The van der Waals surface area contributed by atoms with Gasteiger partial charge in [-0.15, -0.1) is 0 Å². The largest absolute Gasteiger partial charge is 0.494 e. The number of nitrogens with one attached hydrogen (secondary N) is 1. The molecule has 0 saturated carbocycles. The molecule has 0 atom stereocenters. The van der Waals surface area contributed by atoms with Gasteiger partial charge in [-0.1, -0.05) is 18.2 Å². The summed E-state index contributed by atoms with van der Waals surface area (Å²) in [6.07, 6.45) is 2.18. The Morgan fingerprint density at radius 1 is 1.28 bits per heavy atom. The van der Waals surface area contributed by atoms with Crippen LogP contribution in [0.1, 0.15) is 12.0 Å². The Kier molecular flexibility index (Phi) is 5.69. The van der Waals surface area contributed by atoms with Gasteiger partial charge in [-0.25, -0.2) is 9.79 Å². The van der Waals surface area contributed by atoms with Crippen molar-refractivity contribution in [2.75, 3.05) is 20.6 Å². The number of aromatic nitrogens is 2. The second kappa shape index (κ2) is 8.04. The Labute approximate surface area is 172 Å². The SMILES string of the molecule is CNC(=S)N(C)CCC1=c2ccccc2=NC1=Cc1c(O)n(C)c(=O)n(C)c1=O. The van der Waals surface area contributed by atoms with Gasteiger partial charge < -0.3 is 15.3 Å². The van der Waals surface area contributed by atoms with Gasteiger partial charge in [0.15, 0.2) is 5.11 Å². The number of hydrogen-bond donors (Lipinski definition) is 2. The minimum Gasteiger partial charge on any atom is -0.494 e. The number of aromatic hydroxyl groups is 1. The van der Waals surface area contributed by atoms with Gasteiger partial charge in [-0.3, -0.25) is 13.9 Å². The van der Waals surface area contributed by atoms with Crippen LogP contribution in [0.5, 0.6) is 5.88 Å². The van der Waals surface area contributed by atoms with Crippen LogP contribution in [0.3, 0.4) is 0 Å². The van der Waals surface area contributed by atoms with E-state index in [2.05, 4.69) is 10.3 Å². The van der Waals surface area contributed by atoms with Gasteiger partial charge in [0.25, 0.3) is 5.56 Å². The quantitative estimate of drug-likeness (QED) is 0.653. The van der Waals surface area contributed by atoms with E-state index < -0.39 is 11.2 Å². The summed E-state index contributed by atoms with van der Waals surface area (Å²) in [5, 5.41) is 15.7. The van der Waals surface area contributed by atoms with Crippen LogP contribution in [-0.4, -0.2) is 44.9 Å². The Hall–Kier alpha value is -3.20. The molecule has 0 unspecified atom stereocenters. The molecule has 3 rings (SSSR count). The first kappa shape index (κ1) is 20.5. The Morgan fingerprint density at radius 2 is 1.97 bits per heavy atom. The second-order valence-corrected chi connectivity index (χ2v) is 7.19. The van der Waals surface area contributed by atoms with E-state index in [4.69, 9.17) is 12.2 Å². The minimum absolute atomic E-state index is 0.0257. The van der Waals surface area contributed by atoms with Gasteiger partial charge in [0.2, 0.25) is 5.88 Å². The van der Waals surface area contributed by atoms with E-state index in [-0.39, 0.29) is 11.4 Å². The molecule has 1 aliphatic rings. The lowest BCUT2D eigenvalue weighted by Gasteiger charge is -2.19. The molecule has 29 heavy (non-hydrogen) atoms. The highest BCUT2D eigenvalue weighted by Gasteiger charge is 2.18. The summed E-state index contributed by atoms with van der Waals surface area (Å²) in [6.45, 7) is 0.646. The number of nitrogens with zero attached hydrogens (tertiary/aromatic N) is 4. The monoisotopic (exact) mass is 413 g/mol. The molecular weight excluding hydrogens is 390 g/mol. The molecule has 8 nitrogen and oxygen atoms in total. The number of hydrogen-bond acceptors (Lipinski definition) is 5. The number of allylic oxidation sites excluding steroid dienone is 1. The highest BCUT2D eigenvalue weighted by molar-refractivity contribution is 7.80. The Balaban J connectivity index is 2.13. The van der Waals surface area contributed by atoms with Crippen LogP contribution >= 0.6 is 12.2 Å². The zero-order chi connectivity index (χ0) is 21.3. The summed E-state index contributed by atoms with van der Waals surface area (Å²) >= 11 is 5.26. The van der Waals surface area contributed by atoms with Crippen molar-refractivity contribution < 1.29 is 5.11 Å². The zero-order valence-electron chi connectivity index (χ0n) is 16.8. The molecule has 2 N–H and O–H groups in total. The molecule has 0 spiro atoms. The molecule has 2 heterocycles. The number of benzene rings is 1. The lowest BCUT2D eigenvalue weighted by Crippen LogP contribution is -2.38. The molecule has 1 aromatic heterocycles. The van der Waals surface area contributed by atoms with E-state index in [1.54, 1.807) is 13.1 Å². The number of thiocarbonyl (C=S) groups is 1. The average molecular weight is 414 g/mol. The lowest BCUT2D eigenvalue weighted by molar-refractivity contribution is 0.410. The first-order valence-electron chi connectivity index (χ1n) is 9.07. The standard InChI is InChI=1S/C20H23N5O3S/c1-21-19(29)23(2)10-9-13-12-7-5-6-8-15(12)22-16(13)11-14-17(26)24(3)20(28)25(4)18(14)27/h5-8,11,26H,9-10H2,1-4H3,(H,21,29). The summed E-state index contributed by atoms with van der Waals surface area (Å²) in [6, 6.07) is 7.71. The van der Waals surface area contributed by atoms with Crippen LogP contribution in [0.25, 0.3) is 11.6 Å². The van der Waals surface area contributed by atoms with Crippen molar-refractivity contribution in [3.05, 3.63) is 66.9 Å². The molecular formula is C20H23N5O3S. The van der Waals surface area contributed by atoms with Crippen molar-refractivity contribution in [1.82, 2.24) is 19.4 Å². The van der Waals surface area contributed by atoms with Crippen molar-refractivity contribution >= 4 is 29.0 Å². The first-order valence-corrected chi connectivity index (χ1v) is 9.48. The van der Waals surface area contributed by atoms with Crippen molar-refractivity contribution in [2.45, 2.75) is 6.42 Å². The highest BCUT2D eigenvalue weighted by atomic mass is 32.1. The fourth-order valence-corrected chi connectivity index (χ4v) is 3.33. The summed E-state index contributed by atoms with van der Waals surface area (Å²) < 4.78 is 2.00. The van der Waals surface area contributed by atoms with E-state index in [1.807, 2.05) is 36.2 Å². The summed E-state index contributed by atoms with van der Waals surface area (Å²) in [4.78, 5) is 31.2. The van der Waals surface area contributed by atoms with Gasteiger partial charge in [-0.05, 0) is 36.4 Å². The van der Waals surface area contributed by atoms with Crippen molar-refractivity contribution in [3.63, 3.8) is 0 Å². The predicted molar refractivity (Wildman–Crippen MR) is 116 cm³/mol. The summed E-state index contributed by atoms with van der Waals surface area (Å²) in [7, 11) is 6.47. The van der Waals surface area contributed by atoms with Crippen LogP contribution in [0.2, 0.25) is 0 Å². The predicted octanol–water partition coefficient (Wildman–Crippen LogP) is -0.559. The van der Waals surface area contributed by atoms with Gasteiger partial charge >= 0.3 is 5.69 Å². The minimum atomic E-state index is -0.590. The van der Waals surface area contributed by atoms with E-state index in [0.717, 1.165) is 25.3 Å². The average Bonchev–Trinajstić information content (AvgIpc) is 3.08. The molecule has 2 aromatic rings. The van der Waals surface area contributed by atoms with Crippen LogP contribution in [0, 0.1) is 0 Å².